The van der Waals surface area contributed by atoms with Crippen molar-refractivity contribution in [1.29, 1.82) is 5.26 Å². The molecule has 3 fully saturated rings. The number of carbonyl (C=O) groups excluding carboxylic acids is 6. The summed E-state index contributed by atoms with van der Waals surface area (Å²) in [6.45, 7) is 3.49. The molecule has 23 heteroatoms. The number of amides is 5. The highest BCUT2D eigenvalue weighted by atomic mass is 19.4. The van der Waals surface area contributed by atoms with Crippen LogP contribution in [0.5, 0.6) is 0 Å². The van der Waals surface area contributed by atoms with Gasteiger partial charge >= 0.3 is 24.5 Å². The number of ether oxygens (including phenoxy) is 2. The molecule has 1 aromatic carbocycles. The third-order valence-electron chi connectivity index (χ3n) is 9.20. The highest BCUT2D eigenvalue weighted by molar-refractivity contribution is 6.01. The standard InChI is InChI=1S/C36H46F6N8O9/c1-33(2,3)58-31(56)48-10-11-49(23(17-48)35(37,38)39)30(55)27(53)26-28(36(40,41)42)47(9-12-50(26)32(57)59-34(4,5)6)18-25(52)45-21-14-19(16-43)13-20(15-21)44-22-7-8-24(51)46-29(22)54/h13-15,22-23,26,28,30,44,55H,7-12,17-18H2,1-6H3,(H,45,52)(H,46,51,54)/t22-,23-,26+,28-,30-/m1/s1. The van der Waals surface area contributed by atoms with Gasteiger partial charge in [0.05, 0.1) is 18.2 Å². The normalized spacial score (nSPS) is 23.1. The Morgan fingerprint density at radius 2 is 1.51 bits per heavy atom. The van der Waals surface area contributed by atoms with Crippen LogP contribution in [0.2, 0.25) is 0 Å². The molecule has 0 aliphatic carbocycles. The van der Waals surface area contributed by atoms with Crippen LogP contribution in [-0.4, -0.2) is 154 Å². The summed E-state index contributed by atoms with van der Waals surface area (Å²) >= 11 is 0. The fourth-order valence-corrected chi connectivity index (χ4v) is 6.74. The molecule has 3 aliphatic heterocycles. The molecule has 3 saturated heterocycles. The van der Waals surface area contributed by atoms with Gasteiger partial charge in [0.1, 0.15) is 35.4 Å². The molecule has 0 aromatic heterocycles. The van der Waals surface area contributed by atoms with E-state index in [0.717, 1.165) is 0 Å². The van der Waals surface area contributed by atoms with Gasteiger partial charge in [-0.3, -0.25) is 39.2 Å². The lowest BCUT2D eigenvalue weighted by molar-refractivity contribution is -0.227. The number of ketones is 1. The van der Waals surface area contributed by atoms with Crippen molar-refractivity contribution >= 4 is 47.1 Å². The Bertz CT molecular complexity index is 1840. The maximum Gasteiger partial charge on any atom is 0.411 e. The molecule has 0 bridgehead atoms. The molecule has 326 valence electrons. The van der Waals surface area contributed by atoms with E-state index in [1.165, 1.54) is 59.7 Å². The van der Waals surface area contributed by atoms with E-state index >= 15 is 13.2 Å². The number of hydrogen-bond acceptors (Lipinski definition) is 13. The van der Waals surface area contributed by atoms with Crippen LogP contribution >= 0.6 is 0 Å². The van der Waals surface area contributed by atoms with Crippen molar-refractivity contribution in [3.05, 3.63) is 23.8 Å². The van der Waals surface area contributed by atoms with E-state index in [9.17, 15) is 52.3 Å². The minimum atomic E-state index is -5.46. The van der Waals surface area contributed by atoms with Gasteiger partial charge in [-0.05, 0) is 66.2 Å². The predicted molar refractivity (Wildman–Crippen MR) is 193 cm³/mol. The van der Waals surface area contributed by atoms with E-state index in [4.69, 9.17) is 9.47 Å². The highest BCUT2D eigenvalue weighted by Crippen LogP contribution is 2.36. The molecule has 1 aromatic rings. The summed E-state index contributed by atoms with van der Waals surface area (Å²) in [5, 5.41) is 28.2. The number of carbonyl (C=O) groups is 6. The summed E-state index contributed by atoms with van der Waals surface area (Å²) in [6, 6.07) is -3.86. The summed E-state index contributed by atoms with van der Waals surface area (Å²) in [5.41, 5.74) is -2.43. The van der Waals surface area contributed by atoms with Crippen LogP contribution in [0.25, 0.3) is 0 Å². The van der Waals surface area contributed by atoms with Crippen molar-refractivity contribution < 1.29 is 69.7 Å². The fourth-order valence-electron chi connectivity index (χ4n) is 6.74. The van der Waals surface area contributed by atoms with E-state index in [-0.39, 0.29) is 34.7 Å². The number of aliphatic hydroxyl groups excluding tert-OH is 1. The Balaban J connectivity index is 1.64. The van der Waals surface area contributed by atoms with Crippen LogP contribution < -0.4 is 16.0 Å². The third kappa shape index (κ3) is 12.2. The molecule has 0 spiro atoms. The number of alkyl halides is 6. The maximum absolute atomic E-state index is 15.2. The molecule has 0 unspecified atom stereocenters. The van der Waals surface area contributed by atoms with Gasteiger partial charge in [0.25, 0.3) is 0 Å². The number of halogens is 6. The van der Waals surface area contributed by atoms with E-state index in [0.29, 0.717) is 14.7 Å². The maximum atomic E-state index is 15.2. The second kappa shape index (κ2) is 17.6. The van der Waals surface area contributed by atoms with Gasteiger partial charge in [0.15, 0.2) is 6.23 Å². The molecule has 17 nitrogen and oxygen atoms in total. The van der Waals surface area contributed by atoms with Crippen LogP contribution in [-0.2, 0) is 28.7 Å². The molecule has 4 rings (SSSR count). The Labute approximate surface area is 334 Å². The van der Waals surface area contributed by atoms with Crippen molar-refractivity contribution in [2.45, 2.75) is 108 Å². The topological polar surface area (TPSA) is 214 Å². The largest absolute Gasteiger partial charge is 0.444 e. The van der Waals surface area contributed by atoms with Crippen LogP contribution in [0.4, 0.5) is 47.3 Å². The van der Waals surface area contributed by atoms with E-state index in [1.807, 2.05) is 6.07 Å². The van der Waals surface area contributed by atoms with E-state index in [1.54, 1.807) is 0 Å². The number of rotatable bonds is 8. The number of nitrogens with one attached hydrogen (secondary N) is 3. The van der Waals surface area contributed by atoms with Crippen molar-refractivity contribution in [2.75, 3.05) is 49.9 Å². The van der Waals surface area contributed by atoms with Gasteiger partial charge in [-0.25, -0.2) is 9.59 Å². The van der Waals surface area contributed by atoms with Crippen molar-refractivity contribution in [3.63, 3.8) is 0 Å². The molecule has 0 radical (unpaired) electrons. The number of Topliss-reactive ketones (excluding diaryl/α,β-unsaturated/α-hetero) is 1. The molecule has 5 atom stereocenters. The minimum absolute atomic E-state index is 0.0146. The summed E-state index contributed by atoms with van der Waals surface area (Å²) < 4.78 is 99.4. The first kappa shape index (κ1) is 46.5. The number of imide groups is 1. The van der Waals surface area contributed by atoms with E-state index in [2.05, 4.69) is 16.0 Å². The van der Waals surface area contributed by atoms with Crippen LogP contribution in [0.15, 0.2) is 18.2 Å². The zero-order valence-corrected chi connectivity index (χ0v) is 33.0. The zero-order chi connectivity index (χ0) is 44.4. The average molecular weight is 849 g/mol. The minimum Gasteiger partial charge on any atom is -0.444 e. The molecule has 5 amide bonds. The second-order valence-corrected chi connectivity index (χ2v) is 16.2. The van der Waals surface area contributed by atoms with Gasteiger partial charge in [-0.15, -0.1) is 0 Å². The first-order valence-corrected chi connectivity index (χ1v) is 18.4. The smallest absolute Gasteiger partial charge is 0.411 e. The lowest BCUT2D eigenvalue weighted by Crippen LogP contribution is -2.72. The average Bonchev–Trinajstić information content (AvgIpc) is 3.09. The number of piperazine rings is 2. The van der Waals surface area contributed by atoms with Crippen LogP contribution in [0, 0.1) is 11.3 Å². The molecular formula is C36H46F6N8O9. The fraction of sp³-hybridized carbons (Fsp3) is 0.639. The monoisotopic (exact) mass is 848 g/mol. The first-order valence-electron chi connectivity index (χ1n) is 18.4. The summed E-state index contributed by atoms with van der Waals surface area (Å²) in [6.07, 6.45) is -16.1. The molecule has 3 heterocycles. The van der Waals surface area contributed by atoms with Gasteiger partial charge in [0, 0.05) is 50.5 Å². The molecule has 4 N–H and O–H groups in total. The number of nitrogens with zero attached hydrogens (tertiary/aromatic N) is 5. The van der Waals surface area contributed by atoms with Gasteiger partial charge in [-0.2, -0.15) is 31.6 Å². The van der Waals surface area contributed by atoms with Crippen molar-refractivity contribution in [2.24, 2.45) is 0 Å². The number of nitriles is 1. The number of hydrogen-bond donors (Lipinski definition) is 4. The van der Waals surface area contributed by atoms with Crippen LogP contribution in [0.1, 0.15) is 59.9 Å². The highest BCUT2D eigenvalue weighted by Gasteiger charge is 2.59. The Morgan fingerprint density at radius 3 is 2.07 bits per heavy atom. The lowest BCUT2D eigenvalue weighted by Gasteiger charge is -2.49. The summed E-state index contributed by atoms with van der Waals surface area (Å²) in [4.78, 5) is 79.0. The number of benzene rings is 1. The van der Waals surface area contributed by atoms with Gasteiger partial charge in [0.2, 0.25) is 23.5 Å². The Morgan fingerprint density at radius 1 is 0.898 bits per heavy atom. The zero-order valence-electron chi connectivity index (χ0n) is 33.0. The lowest BCUT2D eigenvalue weighted by atomic mass is 9.94. The number of piperidine rings is 1. The second-order valence-electron chi connectivity index (χ2n) is 16.2. The van der Waals surface area contributed by atoms with Gasteiger partial charge < -0.3 is 30.1 Å². The van der Waals surface area contributed by atoms with E-state index < -0.39 is 129 Å². The SMILES string of the molecule is CC(C)(C)OC(=O)N1CCN([C@H](O)C(=O)[C@H]2[C@H](C(F)(F)F)N(CC(=O)Nc3cc(C#N)cc(N[C@@H]4CCC(=O)NC4=O)c3)CCN2C(=O)OC(C)(C)C)[C@@H](C(F)(F)F)C1. The first-order chi connectivity index (χ1) is 27.1. The molecule has 59 heavy (non-hydrogen) atoms. The quantitative estimate of drug-likeness (QED) is 0.219. The number of aliphatic hydroxyl groups is 1. The summed E-state index contributed by atoms with van der Waals surface area (Å²) in [7, 11) is 0. The van der Waals surface area contributed by atoms with Crippen molar-refractivity contribution in [1.82, 2.24) is 24.9 Å². The Kier molecular flexibility index (Phi) is 13.8. The Hall–Kier alpha value is -5.21. The molecule has 3 aliphatic rings. The third-order valence-corrected chi connectivity index (χ3v) is 9.20. The van der Waals surface area contributed by atoms with Crippen molar-refractivity contribution in [3.8, 4) is 6.07 Å². The van der Waals surface area contributed by atoms with Crippen LogP contribution in [0.3, 0.4) is 0 Å². The van der Waals surface area contributed by atoms with Gasteiger partial charge in [-0.1, -0.05) is 0 Å². The summed E-state index contributed by atoms with van der Waals surface area (Å²) in [5.74, 6) is -4.12. The number of anilines is 2. The predicted octanol–water partition coefficient (Wildman–Crippen LogP) is 2.94. The molecular weight excluding hydrogens is 802 g/mol. The molecule has 0 saturated carbocycles.